The standard InChI is InChI=1S/C20H17NO3/c1-13(15-12-6-8-14-7-2-3-9-16(14)15)21-19(22)17-10-4-5-11-18(17)20(23)24/h2-13H,1H3,(H,21,22)(H,23,24)/p-1/t13-/m0/s1. The number of hydrogen-bond donors (Lipinski definition) is 1. The van der Waals surface area contributed by atoms with Crippen molar-refractivity contribution >= 4 is 22.6 Å². The fourth-order valence-corrected chi connectivity index (χ4v) is 2.84. The molecule has 0 aliphatic rings. The molecule has 3 rings (SSSR count). The van der Waals surface area contributed by atoms with E-state index in [-0.39, 0.29) is 17.2 Å². The topological polar surface area (TPSA) is 69.2 Å². The average Bonchev–Trinajstić information content (AvgIpc) is 2.61. The molecule has 24 heavy (non-hydrogen) atoms. The molecule has 1 atom stereocenters. The second-order valence-electron chi connectivity index (χ2n) is 5.60. The Kier molecular flexibility index (Phi) is 4.29. The van der Waals surface area contributed by atoms with Crippen molar-refractivity contribution in [1.82, 2.24) is 5.32 Å². The lowest BCUT2D eigenvalue weighted by atomic mass is 9.99. The Hall–Kier alpha value is -3.14. The predicted molar refractivity (Wildman–Crippen MR) is 90.6 cm³/mol. The van der Waals surface area contributed by atoms with Crippen LogP contribution < -0.4 is 10.4 Å². The Morgan fingerprint density at radius 1 is 0.875 bits per heavy atom. The van der Waals surface area contributed by atoms with Gasteiger partial charge in [0.05, 0.1) is 12.0 Å². The second-order valence-corrected chi connectivity index (χ2v) is 5.60. The highest BCUT2D eigenvalue weighted by molar-refractivity contribution is 6.04. The Morgan fingerprint density at radius 3 is 2.25 bits per heavy atom. The van der Waals surface area contributed by atoms with Gasteiger partial charge in [0.2, 0.25) is 0 Å². The molecule has 0 radical (unpaired) electrons. The van der Waals surface area contributed by atoms with Crippen LogP contribution in [0.5, 0.6) is 0 Å². The number of benzene rings is 3. The predicted octanol–water partition coefficient (Wildman–Crippen LogP) is 2.69. The zero-order valence-electron chi connectivity index (χ0n) is 13.2. The number of carboxylic acids is 1. The number of carboxylic acid groups (broad SMARTS) is 1. The maximum absolute atomic E-state index is 12.5. The zero-order chi connectivity index (χ0) is 17.1. The molecule has 4 nitrogen and oxygen atoms in total. The van der Waals surface area contributed by atoms with Gasteiger partial charge in [-0.25, -0.2) is 0 Å². The van der Waals surface area contributed by atoms with Gasteiger partial charge in [-0.05, 0) is 29.3 Å². The monoisotopic (exact) mass is 318 g/mol. The molecule has 0 unspecified atom stereocenters. The Labute approximate surface area is 139 Å². The molecular formula is C20H16NO3-. The minimum absolute atomic E-state index is 0.101. The van der Waals surface area contributed by atoms with Crippen LogP contribution in [0.3, 0.4) is 0 Å². The normalized spacial score (nSPS) is 11.9. The van der Waals surface area contributed by atoms with Crippen molar-refractivity contribution in [2.45, 2.75) is 13.0 Å². The van der Waals surface area contributed by atoms with Crippen molar-refractivity contribution in [2.75, 3.05) is 0 Å². The molecule has 120 valence electrons. The van der Waals surface area contributed by atoms with E-state index in [1.165, 1.54) is 12.1 Å². The fraction of sp³-hybridized carbons (Fsp3) is 0.100. The van der Waals surface area contributed by atoms with Gasteiger partial charge < -0.3 is 15.2 Å². The third kappa shape index (κ3) is 2.99. The third-order valence-electron chi connectivity index (χ3n) is 4.03. The van der Waals surface area contributed by atoms with E-state index in [0.29, 0.717) is 0 Å². The van der Waals surface area contributed by atoms with Gasteiger partial charge in [0.15, 0.2) is 0 Å². The van der Waals surface area contributed by atoms with Gasteiger partial charge in [0, 0.05) is 11.1 Å². The van der Waals surface area contributed by atoms with Crippen LogP contribution in [0.2, 0.25) is 0 Å². The molecule has 0 fully saturated rings. The minimum Gasteiger partial charge on any atom is -0.545 e. The largest absolute Gasteiger partial charge is 0.545 e. The number of rotatable bonds is 4. The number of nitrogens with one attached hydrogen (secondary N) is 1. The molecule has 0 saturated heterocycles. The van der Waals surface area contributed by atoms with E-state index >= 15 is 0 Å². The van der Waals surface area contributed by atoms with E-state index < -0.39 is 11.9 Å². The lowest BCUT2D eigenvalue weighted by Crippen LogP contribution is -2.31. The number of amides is 1. The van der Waals surface area contributed by atoms with Gasteiger partial charge in [-0.3, -0.25) is 4.79 Å². The van der Waals surface area contributed by atoms with Crippen molar-refractivity contribution in [1.29, 1.82) is 0 Å². The van der Waals surface area contributed by atoms with E-state index in [4.69, 9.17) is 0 Å². The molecule has 0 aliphatic heterocycles. The molecule has 0 spiro atoms. The van der Waals surface area contributed by atoms with Crippen LogP contribution in [0.25, 0.3) is 10.8 Å². The van der Waals surface area contributed by atoms with Crippen LogP contribution in [0.1, 0.15) is 39.2 Å². The van der Waals surface area contributed by atoms with Crippen LogP contribution in [0.15, 0.2) is 66.7 Å². The van der Waals surface area contributed by atoms with Crippen LogP contribution in [0.4, 0.5) is 0 Å². The summed E-state index contributed by atoms with van der Waals surface area (Å²) in [6.07, 6.45) is 0. The molecule has 0 heterocycles. The summed E-state index contributed by atoms with van der Waals surface area (Å²) in [6.45, 7) is 1.88. The van der Waals surface area contributed by atoms with E-state index in [1.54, 1.807) is 12.1 Å². The summed E-state index contributed by atoms with van der Waals surface area (Å²) in [4.78, 5) is 23.7. The van der Waals surface area contributed by atoms with Crippen molar-refractivity contribution in [3.05, 3.63) is 83.4 Å². The smallest absolute Gasteiger partial charge is 0.252 e. The summed E-state index contributed by atoms with van der Waals surface area (Å²) >= 11 is 0. The van der Waals surface area contributed by atoms with Gasteiger partial charge in [0.1, 0.15) is 0 Å². The number of aromatic carboxylic acids is 1. The lowest BCUT2D eigenvalue weighted by Gasteiger charge is -2.18. The van der Waals surface area contributed by atoms with E-state index in [2.05, 4.69) is 5.32 Å². The molecule has 4 heteroatoms. The van der Waals surface area contributed by atoms with Crippen molar-refractivity contribution < 1.29 is 14.7 Å². The molecule has 0 aliphatic carbocycles. The number of fused-ring (bicyclic) bond motifs is 1. The van der Waals surface area contributed by atoms with E-state index in [1.807, 2.05) is 49.4 Å². The number of carbonyl (C=O) groups is 2. The van der Waals surface area contributed by atoms with Gasteiger partial charge in [-0.15, -0.1) is 0 Å². The zero-order valence-corrected chi connectivity index (χ0v) is 13.2. The summed E-state index contributed by atoms with van der Waals surface area (Å²) in [5.41, 5.74) is 0.970. The third-order valence-corrected chi connectivity index (χ3v) is 4.03. The lowest BCUT2D eigenvalue weighted by molar-refractivity contribution is -0.255. The first-order valence-electron chi connectivity index (χ1n) is 7.67. The summed E-state index contributed by atoms with van der Waals surface area (Å²) in [7, 11) is 0. The first-order chi connectivity index (χ1) is 11.6. The molecule has 3 aromatic carbocycles. The van der Waals surface area contributed by atoms with E-state index in [0.717, 1.165) is 16.3 Å². The van der Waals surface area contributed by atoms with Crippen LogP contribution in [-0.4, -0.2) is 11.9 Å². The van der Waals surface area contributed by atoms with Crippen molar-refractivity contribution in [3.8, 4) is 0 Å². The number of hydrogen-bond acceptors (Lipinski definition) is 3. The quantitative estimate of drug-likeness (QED) is 0.804. The molecule has 0 bridgehead atoms. The van der Waals surface area contributed by atoms with Crippen molar-refractivity contribution in [3.63, 3.8) is 0 Å². The average molecular weight is 318 g/mol. The van der Waals surface area contributed by atoms with Gasteiger partial charge in [-0.2, -0.15) is 0 Å². The minimum atomic E-state index is -1.36. The van der Waals surface area contributed by atoms with Crippen LogP contribution in [0, 0.1) is 0 Å². The summed E-state index contributed by atoms with van der Waals surface area (Å²) < 4.78 is 0. The Morgan fingerprint density at radius 2 is 1.50 bits per heavy atom. The molecule has 1 N–H and O–H groups in total. The highest BCUT2D eigenvalue weighted by Gasteiger charge is 2.16. The maximum atomic E-state index is 12.5. The highest BCUT2D eigenvalue weighted by atomic mass is 16.4. The molecular weight excluding hydrogens is 302 g/mol. The molecule has 0 saturated carbocycles. The second kappa shape index (κ2) is 6.54. The van der Waals surface area contributed by atoms with Gasteiger partial charge in [0.25, 0.3) is 5.91 Å². The summed E-state index contributed by atoms with van der Waals surface area (Å²) in [6, 6.07) is 19.6. The fourth-order valence-electron chi connectivity index (χ4n) is 2.84. The Balaban J connectivity index is 1.91. The SMILES string of the molecule is C[C@H](NC(=O)c1ccccc1C(=O)[O-])c1cccc2ccccc12. The molecule has 1 amide bonds. The van der Waals surface area contributed by atoms with E-state index in [9.17, 15) is 14.7 Å². The maximum Gasteiger partial charge on any atom is 0.252 e. The van der Waals surface area contributed by atoms with Crippen LogP contribution >= 0.6 is 0 Å². The van der Waals surface area contributed by atoms with Gasteiger partial charge >= 0.3 is 0 Å². The van der Waals surface area contributed by atoms with Gasteiger partial charge in [-0.1, -0.05) is 60.7 Å². The summed E-state index contributed by atoms with van der Waals surface area (Å²) in [5.74, 6) is -1.80. The molecule has 3 aromatic rings. The summed E-state index contributed by atoms with van der Waals surface area (Å²) in [5, 5.41) is 16.2. The Bertz CT molecular complexity index is 912. The highest BCUT2D eigenvalue weighted by Crippen LogP contribution is 2.24. The van der Waals surface area contributed by atoms with Crippen LogP contribution in [-0.2, 0) is 0 Å². The number of carbonyl (C=O) groups excluding carboxylic acids is 2. The first-order valence-corrected chi connectivity index (χ1v) is 7.67. The first kappa shape index (κ1) is 15.7. The van der Waals surface area contributed by atoms with Crippen molar-refractivity contribution in [2.24, 2.45) is 0 Å². The molecule has 0 aromatic heterocycles.